The summed E-state index contributed by atoms with van der Waals surface area (Å²) < 4.78 is 0. The van der Waals surface area contributed by atoms with Crippen molar-refractivity contribution in [2.75, 3.05) is 0 Å². The maximum absolute atomic E-state index is 3.83. The number of aryl methyl sites for hydroxylation is 1. The number of fused-ring (bicyclic) bond motifs is 3. The van der Waals surface area contributed by atoms with E-state index in [1.807, 2.05) is 39.0 Å². The third kappa shape index (κ3) is 8.87. The molecule has 0 radical (unpaired) electrons. The molecule has 0 heterocycles. The summed E-state index contributed by atoms with van der Waals surface area (Å²) in [6.45, 7) is 18.7. The Morgan fingerprint density at radius 2 is 1.27 bits per heavy atom. The molecule has 5 aromatic carbocycles. The van der Waals surface area contributed by atoms with Gasteiger partial charge in [0.2, 0.25) is 0 Å². The minimum atomic E-state index is 0.773. The van der Waals surface area contributed by atoms with Crippen molar-refractivity contribution in [3.05, 3.63) is 166 Å². The van der Waals surface area contributed by atoms with Gasteiger partial charge >= 0.3 is 0 Å². The van der Waals surface area contributed by atoms with Crippen molar-refractivity contribution in [3.8, 4) is 22.3 Å². The Morgan fingerprint density at radius 3 is 1.90 bits per heavy atom. The van der Waals surface area contributed by atoms with Crippen LogP contribution < -0.4 is 10.4 Å². The summed E-state index contributed by atoms with van der Waals surface area (Å²) in [7, 11) is 0. The molecule has 3 aliphatic carbocycles. The molecule has 0 saturated carbocycles. The molecule has 260 valence electrons. The van der Waals surface area contributed by atoms with E-state index >= 15 is 0 Å². The lowest BCUT2D eigenvalue weighted by Crippen LogP contribution is -2.33. The van der Waals surface area contributed by atoms with Gasteiger partial charge in [0, 0.05) is 0 Å². The predicted molar refractivity (Wildman–Crippen MR) is 228 cm³/mol. The van der Waals surface area contributed by atoms with E-state index in [9.17, 15) is 0 Å². The van der Waals surface area contributed by atoms with Gasteiger partial charge in [-0.25, -0.2) is 0 Å². The molecule has 3 aliphatic rings. The van der Waals surface area contributed by atoms with Crippen LogP contribution in [0.2, 0.25) is 0 Å². The lowest BCUT2D eigenvalue weighted by Gasteiger charge is -2.23. The quantitative estimate of drug-likeness (QED) is 0.179. The molecule has 0 aliphatic heterocycles. The minimum Gasteiger partial charge on any atom is -0.0955 e. The number of hydrogen-bond donors (Lipinski definition) is 0. The molecule has 0 spiro atoms. The van der Waals surface area contributed by atoms with Gasteiger partial charge < -0.3 is 0 Å². The lowest BCUT2D eigenvalue weighted by atomic mass is 9.80. The van der Waals surface area contributed by atoms with Crippen molar-refractivity contribution >= 4 is 34.6 Å². The first-order valence-electron chi connectivity index (χ1n) is 19.0. The van der Waals surface area contributed by atoms with E-state index in [0.29, 0.717) is 0 Å². The highest BCUT2D eigenvalue weighted by Crippen LogP contribution is 2.35. The molecule has 0 amide bonds. The highest BCUT2D eigenvalue weighted by atomic mass is 14.2. The number of hydrogen-bond acceptors (Lipinski definition) is 0. The zero-order valence-corrected chi connectivity index (χ0v) is 32.0. The van der Waals surface area contributed by atoms with Gasteiger partial charge in [-0.3, -0.25) is 0 Å². The van der Waals surface area contributed by atoms with E-state index in [2.05, 4.69) is 150 Å². The SMILES string of the molecule is C=C(C)c1ccccc1.CC.CC1=C(C)C(C)CC=C1.Cc1ccc(-c2c3c(c(-c4ccc5ccccc5c4)c4c2=CCCC=4)CCC=C3)cc1. The van der Waals surface area contributed by atoms with Gasteiger partial charge in [-0.2, -0.15) is 0 Å². The second-order valence-electron chi connectivity index (χ2n) is 13.9. The van der Waals surface area contributed by atoms with Gasteiger partial charge in [0.05, 0.1) is 0 Å². The Bertz CT molecular complexity index is 2180. The summed E-state index contributed by atoms with van der Waals surface area (Å²) in [4.78, 5) is 0. The largest absolute Gasteiger partial charge is 0.0955 e. The minimum absolute atomic E-state index is 0.773. The van der Waals surface area contributed by atoms with Gasteiger partial charge in [-0.15, -0.1) is 0 Å². The molecule has 0 aromatic heterocycles. The summed E-state index contributed by atoms with van der Waals surface area (Å²) in [6.07, 6.45) is 19.8. The fraction of sp³-hybridized carbons (Fsp3) is 0.255. The molecule has 0 N–H and O–H groups in total. The first-order valence-corrected chi connectivity index (χ1v) is 19.0. The fourth-order valence-corrected chi connectivity index (χ4v) is 7.19. The fourth-order valence-electron chi connectivity index (χ4n) is 7.19. The van der Waals surface area contributed by atoms with Gasteiger partial charge in [0.1, 0.15) is 0 Å². The molecule has 0 nitrogen and oxygen atoms in total. The van der Waals surface area contributed by atoms with E-state index in [0.717, 1.165) is 37.2 Å². The van der Waals surface area contributed by atoms with Crippen molar-refractivity contribution in [2.45, 2.75) is 80.6 Å². The lowest BCUT2D eigenvalue weighted by molar-refractivity contribution is 0.678. The molecule has 0 fully saturated rings. The van der Waals surface area contributed by atoms with Crippen molar-refractivity contribution in [2.24, 2.45) is 5.92 Å². The Hall–Kier alpha value is -4.94. The molecule has 8 rings (SSSR count). The topological polar surface area (TPSA) is 0 Å². The van der Waals surface area contributed by atoms with E-state index in [1.54, 1.807) is 5.57 Å². The maximum Gasteiger partial charge on any atom is -0.00331 e. The number of allylic oxidation sites excluding steroid dienone is 6. The smallest absolute Gasteiger partial charge is 0.00331 e. The van der Waals surface area contributed by atoms with Crippen molar-refractivity contribution in [1.82, 2.24) is 0 Å². The number of rotatable bonds is 3. The zero-order chi connectivity index (χ0) is 36.3. The second-order valence-corrected chi connectivity index (χ2v) is 13.9. The van der Waals surface area contributed by atoms with Crippen LogP contribution in [0.4, 0.5) is 0 Å². The monoisotopic (exact) mass is 668 g/mol. The highest BCUT2D eigenvalue weighted by molar-refractivity contribution is 5.91. The average Bonchev–Trinajstić information content (AvgIpc) is 3.18. The first kappa shape index (κ1) is 37.3. The van der Waals surface area contributed by atoms with Crippen LogP contribution in [0, 0.1) is 12.8 Å². The molecule has 5 aromatic rings. The van der Waals surface area contributed by atoms with Crippen LogP contribution in [0.15, 0.2) is 133 Å². The normalized spacial score (nSPS) is 15.3. The standard InChI is InChI=1S/C31H26.C9H14.C9H10.C2H6/c1-21-14-16-23(17-15-21)30-26-10-4-6-12-28(26)31(29-13-7-5-11-27(29)30)25-19-18-22-8-2-3-9-24(22)20-25;1-7-5-4-6-8(2)9(7)3;1-8(2)9-6-4-3-5-7-9;1-2/h2-4,8-11,13-20H,5-7,12H2,1H3;4-5,8H,6H2,1-3H3;3-7H,1H2,2H3;1-2H3. The second kappa shape index (κ2) is 17.8. The molecule has 1 unspecified atom stereocenters. The van der Waals surface area contributed by atoms with Crippen molar-refractivity contribution in [1.29, 1.82) is 0 Å². The molecule has 0 heteroatoms. The molecular formula is C51H56. The van der Waals surface area contributed by atoms with Crippen LogP contribution in [0.25, 0.3) is 56.8 Å². The van der Waals surface area contributed by atoms with Gasteiger partial charge in [-0.05, 0) is 132 Å². The van der Waals surface area contributed by atoms with Gasteiger partial charge in [0.15, 0.2) is 0 Å². The Morgan fingerprint density at radius 1 is 0.647 bits per heavy atom. The third-order valence-electron chi connectivity index (χ3n) is 10.3. The Labute approximate surface area is 308 Å². The average molecular weight is 669 g/mol. The first-order chi connectivity index (χ1) is 24.8. The maximum atomic E-state index is 3.83. The van der Waals surface area contributed by atoms with Crippen LogP contribution in [-0.4, -0.2) is 0 Å². The Kier molecular flexibility index (Phi) is 13.0. The highest BCUT2D eigenvalue weighted by Gasteiger charge is 2.21. The third-order valence-corrected chi connectivity index (χ3v) is 10.3. The summed E-state index contributed by atoms with van der Waals surface area (Å²) in [5, 5.41) is 5.48. The van der Waals surface area contributed by atoms with Crippen LogP contribution in [0.1, 0.15) is 89.5 Å². The van der Waals surface area contributed by atoms with Crippen LogP contribution in [0.3, 0.4) is 0 Å². The van der Waals surface area contributed by atoms with Crippen LogP contribution in [-0.2, 0) is 6.42 Å². The molecule has 51 heavy (non-hydrogen) atoms. The molecule has 1 atom stereocenters. The van der Waals surface area contributed by atoms with Crippen molar-refractivity contribution in [3.63, 3.8) is 0 Å². The van der Waals surface area contributed by atoms with Crippen molar-refractivity contribution < 1.29 is 0 Å². The number of benzene rings is 5. The summed E-state index contributed by atoms with van der Waals surface area (Å²) in [5.74, 6) is 0.773. The zero-order valence-electron chi connectivity index (χ0n) is 32.0. The molecule has 0 saturated heterocycles. The summed E-state index contributed by atoms with van der Waals surface area (Å²) in [6, 6.07) is 34.9. The molecule has 0 bridgehead atoms. The van der Waals surface area contributed by atoms with E-state index in [4.69, 9.17) is 0 Å². The van der Waals surface area contributed by atoms with Crippen LogP contribution in [0.5, 0.6) is 0 Å². The predicted octanol–water partition coefficient (Wildman–Crippen LogP) is 13.5. The van der Waals surface area contributed by atoms with E-state index in [-0.39, 0.29) is 0 Å². The summed E-state index contributed by atoms with van der Waals surface area (Å²) in [5.41, 5.74) is 15.1. The van der Waals surface area contributed by atoms with Crippen LogP contribution >= 0.6 is 0 Å². The Balaban J connectivity index is 0.000000206. The van der Waals surface area contributed by atoms with Gasteiger partial charge in [-0.1, -0.05) is 177 Å². The van der Waals surface area contributed by atoms with E-state index < -0.39 is 0 Å². The molecular weight excluding hydrogens is 613 g/mol. The van der Waals surface area contributed by atoms with E-state index in [1.165, 1.54) is 77.7 Å². The van der Waals surface area contributed by atoms with Gasteiger partial charge in [0.25, 0.3) is 0 Å². The summed E-state index contributed by atoms with van der Waals surface area (Å²) >= 11 is 0.